The molecule has 0 aliphatic carbocycles. The highest BCUT2D eigenvalue weighted by Gasteiger charge is 2.36. The Balaban J connectivity index is 2.29. The fourth-order valence-electron chi connectivity index (χ4n) is 1.74. The Kier molecular flexibility index (Phi) is 6.27. The Morgan fingerprint density at radius 3 is 2.28 bits per heavy atom. The van der Waals surface area contributed by atoms with E-state index in [1.54, 1.807) is 19.1 Å². The molecule has 1 unspecified atom stereocenters. The predicted molar refractivity (Wildman–Crippen MR) is 91.5 cm³/mol. The largest absolute Gasteiger partial charge is 0.486 e. The number of hydrogen-bond acceptors (Lipinski definition) is 3. The van der Waals surface area contributed by atoms with Crippen LogP contribution in [0.25, 0.3) is 0 Å². The molecule has 0 saturated carbocycles. The van der Waals surface area contributed by atoms with Crippen LogP contribution in [-0.2, 0) is 9.09 Å². The molecule has 0 aliphatic heterocycles. The highest BCUT2D eigenvalue weighted by Crippen LogP contribution is 2.50. The minimum atomic E-state index is -4.68. The second kappa shape index (κ2) is 7.87. The number of aryl methyl sites for hydroxylation is 1. The number of hydrogen-bond donors (Lipinski definition) is 1. The topological polar surface area (TPSA) is 47.6 Å². The van der Waals surface area contributed by atoms with E-state index in [1.807, 2.05) is 0 Å². The molecule has 0 saturated heterocycles. The molecule has 4 nitrogen and oxygen atoms in total. The number of halogens is 5. The van der Waals surface area contributed by atoms with Crippen molar-refractivity contribution in [3.05, 3.63) is 58.1 Å². The number of alkyl halides is 3. The zero-order valence-electron chi connectivity index (χ0n) is 12.8. The van der Waals surface area contributed by atoms with Crippen LogP contribution < -0.4 is 9.61 Å². The molecule has 0 aliphatic rings. The van der Waals surface area contributed by atoms with Gasteiger partial charge in [0.2, 0.25) is 0 Å². The molecule has 2 aromatic rings. The van der Waals surface area contributed by atoms with Crippen LogP contribution in [0.2, 0.25) is 10.0 Å². The number of anilines is 1. The number of rotatable bonds is 6. The van der Waals surface area contributed by atoms with Gasteiger partial charge in [-0.3, -0.25) is 9.61 Å². The quantitative estimate of drug-likeness (QED) is 0.550. The molecule has 0 fully saturated rings. The normalized spacial score (nSPS) is 14.0. The Morgan fingerprint density at radius 1 is 1.08 bits per heavy atom. The maximum Gasteiger partial charge on any atom is 0.486 e. The van der Waals surface area contributed by atoms with Crippen molar-refractivity contribution in [1.29, 1.82) is 0 Å². The van der Waals surface area contributed by atoms with Crippen LogP contribution in [0.4, 0.5) is 18.9 Å². The summed E-state index contributed by atoms with van der Waals surface area (Å²) < 4.78 is 60.0. The summed E-state index contributed by atoms with van der Waals surface area (Å²) in [6, 6.07) is 10.2. The zero-order chi connectivity index (χ0) is 18.7. The van der Waals surface area contributed by atoms with Gasteiger partial charge in [-0.1, -0.05) is 29.3 Å². The fourth-order valence-corrected chi connectivity index (χ4v) is 3.45. The average molecular weight is 414 g/mol. The first-order chi connectivity index (χ1) is 11.6. The van der Waals surface area contributed by atoms with Crippen molar-refractivity contribution in [2.45, 2.75) is 13.1 Å². The van der Waals surface area contributed by atoms with Crippen LogP contribution in [0.15, 0.2) is 42.5 Å². The second-order valence-electron chi connectivity index (χ2n) is 5.00. The van der Waals surface area contributed by atoms with Gasteiger partial charge in [0.05, 0.1) is 0 Å². The molecule has 1 atom stereocenters. The summed E-state index contributed by atoms with van der Waals surface area (Å²) in [6.07, 6.45) is -4.68. The Hall–Kier alpha value is -1.40. The molecule has 10 heteroatoms. The molecule has 0 aromatic heterocycles. The molecule has 1 N–H and O–H groups in total. The number of nitrogens with one attached hydrogen (secondary N) is 1. The third-order valence-corrected chi connectivity index (χ3v) is 4.82. The summed E-state index contributed by atoms with van der Waals surface area (Å²) >= 11 is 11.6. The molecule has 2 rings (SSSR count). The second-order valence-corrected chi connectivity index (χ2v) is 7.53. The van der Waals surface area contributed by atoms with E-state index in [1.165, 1.54) is 30.3 Å². The lowest BCUT2D eigenvalue weighted by Gasteiger charge is -2.22. The van der Waals surface area contributed by atoms with Crippen LogP contribution in [0.3, 0.4) is 0 Å². The van der Waals surface area contributed by atoms with Crippen LogP contribution >= 0.6 is 30.9 Å². The summed E-state index contributed by atoms with van der Waals surface area (Å²) in [5.41, 5.74) is 0.826. The van der Waals surface area contributed by atoms with Gasteiger partial charge in [-0.2, -0.15) is 13.2 Å². The Bertz CT molecular complexity index is 785. The first kappa shape index (κ1) is 19.9. The lowest BCUT2D eigenvalue weighted by Crippen LogP contribution is -2.19. The summed E-state index contributed by atoms with van der Waals surface area (Å²) in [4.78, 5) is 0. The predicted octanol–water partition coefficient (Wildman–Crippen LogP) is 6.48. The van der Waals surface area contributed by atoms with Crippen molar-refractivity contribution in [2.75, 3.05) is 11.7 Å². The van der Waals surface area contributed by atoms with Gasteiger partial charge in [0.1, 0.15) is 5.75 Å². The van der Waals surface area contributed by atoms with Crippen LogP contribution in [0.1, 0.15) is 5.56 Å². The highest BCUT2D eigenvalue weighted by atomic mass is 35.5. The van der Waals surface area contributed by atoms with Crippen LogP contribution in [0.5, 0.6) is 5.75 Å². The smallest absolute Gasteiger partial charge is 0.409 e. The molecule has 2 aromatic carbocycles. The van der Waals surface area contributed by atoms with Gasteiger partial charge in [0.25, 0.3) is 0 Å². The van der Waals surface area contributed by atoms with Crippen molar-refractivity contribution in [3.63, 3.8) is 0 Å². The summed E-state index contributed by atoms with van der Waals surface area (Å²) in [5, 5.41) is 3.09. The zero-order valence-corrected chi connectivity index (χ0v) is 15.2. The van der Waals surface area contributed by atoms with Crippen molar-refractivity contribution >= 4 is 36.6 Å². The maximum atomic E-state index is 12.8. The van der Waals surface area contributed by atoms with E-state index in [4.69, 9.17) is 27.7 Å². The molecule has 136 valence electrons. The molecule has 0 heterocycles. The van der Waals surface area contributed by atoms with Crippen LogP contribution in [0, 0.1) is 6.92 Å². The average Bonchev–Trinajstić information content (AvgIpc) is 2.51. The van der Waals surface area contributed by atoms with Gasteiger partial charge in [-0.25, -0.2) is 4.57 Å². The Labute approximate surface area is 152 Å². The van der Waals surface area contributed by atoms with E-state index >= 15 is 0 Å². The van der Waals surface area contributed by atoms with Gasteiger partial charge in [0.15, 0.2) is 6.61 Å². The molecule has 25 heavy (non-hydrogen) atoms. The van der Waals surface area contributed by atoms with Gasteiger partial charge in [-0.15, -0.1) is 0 Å². The molecule has 0 amide bonds. The lowest BCUT2D eigenvalue weighted by atomic mass is 10.2. The molecule has 0 bridgehead atoms. The van der Waals surface area contributed by atoms with E-state index in [9.17, 15) is 17.7 Å². The highest BCUT2D eigenvalue weighted by molar-refractivity contribution is 7.55. The van der Waals surface area contributed by atoms with E-state index in [2.05, 4.69) is 9.61 Å². The molecule has 0 spiro atoms. The van der Waals surface area contributed by atoms with Gasteiger partial charge < -0.3 is 4.52 Å². The molecular weight excluding hydrogens is 401 g/mol. The van der Waals surface area contributed by atoms with E-state index in [0.717, 1.165) is 0 Å². The van der Waals surface area contributed by atoms with E-state index < -0.39 is 20.5 Å². The standard InChI is InChI=1S/C15H13Cl2F3NO3P/c1-10-2-3-12(17)8-14(10)21-25(22,23-9-15(18,19)20)24-13-6-4-11(16)5-7-13/h2-8H,9H2,1H3,(H,21,22). The summed E-state index contributed by atoms with van der Waals surface area (Å²) in [7, 11) is -4.39. The SMILES string of the molecule is Cc1ccc(Cl)cc1NP(=O)(OCC(F)(F)F)Oc1ccc(Cl)cc1. The van der Waals surface area contributed by atoms with E-state index in [-0.39, 0.29) is 11.4 Å². The fraction of sp³-hybridized carbons (Fsp3) is 0.200. The first-order valence-corrected chi connectivity index (χ1v) is 9.17. The third kappa shape index (κ3) is 6.44. The van der Waals surface area contributed by atoms with Gasteiger partial charge in [-0.05, 0) is 48.9 Å². The van der Waals surface area contributed by atoms with Crippen LogP contribution in [-0.4, -0.2) is 12.8 Å². The minimum Gasteiger partial charge on any atom is -0.409 e. The summed E-state index contributed by atoms with van der Waals surface area (Å²) in [5.74, 6) is 0.0297. The molecule has 0 radical (unpaired) electrons. The lowest BCUT2D eigenvalue weighted by molar-refractivity contribution is -0.154. The minimum absolute atomic E-state index is 0.0297. The maximum absolute atomic E-state index is 12.8. The first-order valence-electron chi connectivity index (χ1n) is 6.87. The van der Waals surface area contributed by atoms with Gasteiger partial charge in [0, 0.05) is 15.7 Å². The monoisotopic (exact) mass is 413 g/mol. The van der Waals surface area contributed by atoms with Crippen molar-refractivity contribution < 1.29 is 26.8 Å². The summed E-state index contributed by atoms with van der Waals surface area (Å²) in [6.45, 7) is -0.0838. The van der Waals surface area contributed by atoms with Crippen molar-refractivity contribution in [3.8, 4) is 5.75 Å². The van der Waals surface area contributed by atoms with Crippen molar-refractivity contribution in [1.82, 2.24) is 0 Å². The van der Waals surface area contributed by atoms with Crippen molar-refractivity contribution in [2.24, 2.45) is 0 Å². The molecular formula is C15H13Cl2F3NO3P. The third-order valence-electron chi connectivity index (χ3n) is 2.89. The number of benzene rings is 2. The van der Waals surface area contributed by atoms with E-state index in [0.29, 0.717) is 15.6 Å². The Morgan fingerprint density at radius 2 is 1.68 bits per heavy atom. The van der Waals surface area contributed by atoms with Gasteiger partial charge >= 0.3 is 13.9 Å².